The van der Waals surface area contributed by atoms with E-state index >= 15 is 0 Å². The molecule has 3 aromatic rings. The number of benzene rings is 1. The zero-order valence-electron chi connectivity index (χ0n) is 10.3. The first kappa shape index (κ1) is 12.6. The van der Waals surface area contributed by atoms with E-state index in [1.54, 1.807) is 11.3 Å². The van der Waals surface area contributed by atoms with Crippen LogP contribution in [0.15, 0.2) is 52.4 Å². The van der Waals surface area contributed by atoms with Crippen molar-refractivity contribution in [3.05, 3.63) is 57.3 Å². The number of hydrogen-bond donors (Lipinski definition) is 1. The van der Waals surface area contributed by atoms with Crippen LogP contribution >= 0.6 is 27.3 Å². The third-order valence-corrected chi connectivity index (χ3v) is 4.65. The number of aromatic nitrogens is 1. The Balaban J connectivity index is 1.71. The standard InChI is InChI=1S/C15H13BrN2S/c16-15-6-5-11(19-15)7-9-17-14-8-10-18-13-4-2-1-3-12(13)14/h1-6,8,10H,7,9H2,(H,17,18). The van der Waals surface area contributed by atoms with Crippen molar-refractivity contribution in [2.75, 3.05) is 11.9 Å². The van der Waals surface area contributed by atoms with Crippen LogP contribution in [0.4, 0.5) is 5.69 Å². The van der Waals surface area contributed by atoms with Gasteiger partial charge in [-0.05, 0) is 46.6 Å². The molecule has 1 N–H and O–H groups in total. The predicted octanol–water partition coefficient (Wildman–Crippen LogP) is 4.71. The molecule has 0 unspecified atom stereocenters. The summed E-state index contributed by atoms with van der Waals surface area (Å²) in [5.74, 6) is 0. The lowest BCUT2D eigenvalue weighted by Gasteiger charge is -2.08. The molecule has 0 fully saturated rings. The zero-order chi connectivity index (χ0) is 13.1. The van der Waals surface area contributed by atoms with Crippen molar-refractivity contribution in [1.29, 1.82) is 0 Å². The molecule has 4 heteroatoms. The number of para-hydroxylation sites is 1. The summed E-state index contributed by atoms with van der Waals surface area (Å²) >= 11 is 5.28. The fourth-order valence-electron chi connectivity index (χ4n) is 2.06. The predicted molar refractivity (Wildman–Crippen MR) is 86.0 cm³/mol. The van der Waals surface area contributed by atoms with Gasteiger partial charge in [-0.1, -0.05) is 18.2 Å². The number of pyridine rings is 1. The van der Waals surface area contributed by atoms with Gasteiger partial charge in [-0.25, -0.2) is 0 Å². The van der Waals surface area contributed by atoms with E-state index in [9.17, 15) is 0 Å². The average molecular weight is 333 g/mol. The Hall–Kier alpha value is -1.39. The van der Waals surface area contributed by atoms with E-state index in [1.165, 1.54) is 14.0 Å². The lowest BCUT2D eigenvalue weighted by atomic mass is 10.2. The fourth-order valence-corrected chi connectivity index (χ4v) is 3.54. The molecule has 2 heterocycles. The van der Waals surface area contributed by atoms with E-state index in [1.807, 2.05) is 30.5 Å². The van der Waals surface area contributed by atoms with Gasteiger partial charge in [-0.2, -0.15) is 0 Å². The number of hydrogen-bond acceptors (Lipinski definition) is 3. The first-order valence-corrected chi connectivity index (χ1v) is 7.76. The first-order valence-electron chi connectivity index (χ1n) is 6.15. The molecule has 0 amide bonds. The summed E-state index contributed by atoms with van der Waals surface area (Å²) in [6.07, 6.45) is 2.89. The lowest BCUT2D eigenvalue weighted by Crippen LogP contribution is -2.04. The molecule has 0 atom stereocenters. The van der Waals surface area contributed by atoms with Crippen molar-refractivity contribution in [3.8, 4) is 0 Å². The molecule has 3 rings (SSSR count). The summed E-state index contributed by atoms with van der Waals surface area (Å²) in [7, 11) is 0. The van der Waals surface area contributed by atoms with E-state index in [0.717, 1.165) is 24.2 Å². The summed E-state index contributed by atoms with van der Waals surface area (Å²) in [5.41, 5.74) is 2.19. The second-order valence-corrected chi connectivity index (χ2v) is 6.81. The lowest BCUT2D eigenvalue weighted by molar-refractivity contribution is 1.05. The van der Waals surface area contributed by atoms with Crippen molar-refractivity contribution in [2.45, 2.75) is 6.42 Å². The molecule has 0 aliphatic heterocycles. The van der Waals surface area contributed by atoms with Crippen LogP contribution in [0, 0.1) is 0 Å². The highest BCUT2D eigenvalue weighted by Crippen LogP contribution is 2.23. The van der Waals surface area contributed by atoms with Crippen molar-refractivity contribution < 1.29 is 0 Å². The van der Waals surface area contributed by atoms with Gasteiger partial charge in [0, 0.05) is 28.7 Å². The Kier molecular flexibility index (Phi) is 3.80. The molecule has 2 nitrogen and oxygen atoms in total. The summed E-state index contributed by atoms with van der Waals surface area (Å²) in [5, 5.41) is 4.67. The summed E-state index contributed by atoms with van der Waals surface area (Å²) < 4.78 is 1.19. The van der Waals surface area contributed by atoms with Crippen molar-refractivity contribution >= 4 is 43.9 Å². The van der Waals surface area contributed by atoms with Crippen LogP contribution in [0.5, 0.6) is 0 Å². The maximum absolute atomic E-state index is 4.37. The maximum atomic E-state index is 4.37. The molecule has 0 bridgehead atoms. The third kappa shape index (κ3) is 2.96. The number of anilines is 1. The van der Waals surface area contributed by atoms with Crippen molar-refractivity contribution in [3.63, 3.8) is 0 Å². The Bertz CT molecular complexity index is 688. The first-order chi connectivity index (χ1) is 9.33. The summed E-state index contributed by atoms with van der Waals surface area (Å²) in [6.45, 7) is 0.932. The SMILES string of the molecule is Brc1ccc(CCNc2ccnc3ccccc23)s1. The second kappa shape index (κ2) is 5.72. The van der Waals surface area contributed by atoms with Crippen molar-refractivity contribution in [1.82, 2.24) is 4.98 Å². The Labute approximate surface area is 124 Å². The maximum Gasteiger partial charge on any atom is 0.0722 e. The molecule has 96 valence electrons. The van der Waals surface area contributed by atoms with Gasteiger partial charge in [0.25, 0.3) is 0 Å². The van der Waals surface area contributed by atoms with Gasteiger partial charge in [0.1, 0.15) is 0 Å². The minimum atomic E-state index is 0.932. The molecular formula is C15H13BrN2S. The van der Waals surface area contributed by atoms with Gasteiger partial charge in [0.05, 0.1) is 9.30 Å². The molecule has 1 aromatic carbocycles. The Morgan fingerprint density at radius 1 is 1.11 bits per heavy atom. The van der Waals surface area contributed by atoms with E-state index in [-0.39, 0.29) is 0 Å². The summed E-state index contributed by atoms with van der Waals surface area (Å²) in [6, 6.07) is 14.5. The van der Waals surface area contributed by atoms with Gasteiger partial charge in [-0.3, -0.25) is 4.98 Å². The minimum absolute atomic E-state index is 0.932. The third-order valence-electron chi connectivity index (χ3n) is 2.96. The van der Waals surface area contributed by atoms with Gasteiger partial charge in [0.15, 0.2) is 0 Å². The largest absolute Gasteiger partial charge is 0.384 e. The van der Waals surface area contributed by atoms with Crippen LogP contribution in [0.1, 0.15) is 4.88 Å². The fraction of sp³-hybridized carbons (Fsp3) is 0.133. The number of nitrogens with one attached hydrogen (secondary N) is 1. The van der Waals surface area contributed by atoms with E-state index in [4.69, 9.17) is 0 Å². The van der Waals surface area contributed by atoms with Crippen LogP contribution in [0.25, 0.3) is 10.9 Å². The highest BCUT2D eigenvalue weighted by atomic mass is 79.9. The molecule has 0 spiro atoms. The van der Waals surface area contributed by atoms with Crippen molar-refractivity contribution in [2.24, 2.45) is 0 Å². The quantitative estimate of drug-likeness (QED) is 0.748. The van der Waals surface area contributed by atoms with Crippen LogP contribution in [-0.4, -0.2) is 11.5 Å². The monoisotopic (exact) mass is 332 g/mol. The molecular weight excluding hydrogens is 320 g/mol. The van der Waals surface area contributed by atoms with Crippen LogP contribution in [0.2, 0.25) is 0 Å². The molecule has 2 aromatic heterocycles. The Morgan fingerprint density at radius 3 is 2.84 bits per heavy atom. The average Bonchev–Trinajstić information content (AvgIpc) is 2.85. The number of thiophene rings is 1. The second-order valence-electron chi connectivity index (χ2n) is 4.26. The van der Waals surface area contributed by atoms with Gasteiger partial charge < -0.3 is 5.32 Å². The zero-order valence-corrected chi connectivity index (χ0v) is 12.7. The van der Waals surface area contributed by atoms with Gasteiger partial charge in [-0.15, -0.1) is 11.3 Å². The molecule has 0 saturated carbocycles. The normalized spacial score (nSPS) is 10.8. The van der Waals surface area contributed by atoms with E-state index in [2.05, 4.69) is 44.4 Å². The van der Waals surface area contributed by atoms with Gasteiger partial charge in [0.2, 0.25) is 0 Å². The summed E-state index contributed by atoms with van der Waals surface area (Å²) in [4.78, 5) is 5.75. The highest BCUT2D eigenvalue weighted by Gasteiger charge is 2.01. The Morgan fingerprint density at radius 2 is 2.00 bits per heavy atom. The minimum Gasteiger partial charge on any atom is -0.384 e. The highest BCUT2D eigenvalue weighted by molar-refractivity contribution is 9.11. The smallest absolute Gasteiger partial charge is 0.0722 e. The molecule has 0 aliphatic carbocycles. The molecule has 0 aliphatic rings. The number of halogens is 1. The molecule has 0 saturated heterocycles. The molecule has 0 radical (unpaired) electrons. The van der Waals surface area contributed by atoms with E-state index in [0.29, 0.717) is 0 Å². The van der Waals surface area contributed by atoms with Crippen LogP contribution in [0.3, 0.4) is 0 Å². The topological polar surface area (TPSA) is 24.9 Å². The number of nitrogens with zero attached hydrogens (tertiary/aromatic N) is 1. The van der Waals surface area contributed by atoms with Gasteiger partial charge >= 0.3 is 0 Å². The molecule has 19 heavy (non-hydrogen) atoms. The number of fused-ring (bicyclic) bond motifs is 1. The van der Waals surface area contributed by atoms with Crippen LogP contribution in [-0.2, 0) is 6.42 Å². The number of rotatable bonds is 4. The van der Waals surface area contributed by atoms with E-state index < -0.39 is 0 Å². The van der Waals surface area contributed by atoms with Crippen LogP contribution < -0.4 is 5.32 Å².